The van der Waals surface area contributed by atoms with E-state index in [4.69, 9.17) is 9.47 Å². The quantitative estimate of drug-likeness (QED) is 0.441. The maximum atomic E-state index is 12.9. The number of nitrogens with one attached hydrogen (secondary N) is 1. The van der Waals surface area contributed by atoms with E-state index in [0.717, 1.165) is 19.3 Å². The maximum Gasteiger partial charge on any atom is 0.262 e. The summed E-state index contributed by atoms with van der Waals surface area (Å²) in [6.45, 7) is 3.87. The molecule has 1 aliphatic rings. The third-order valence-electron chi connectivity index (χ3n) is 4.93. The van der Waals surface area contributed by atoms with Gasteiger partial charge in [0.25, 0.3) is 5.56 Å². The van der Waals surface area contributed by atoms with Gasteiger partial charge >= 0.3 is 0 Å². The SMILES string of the molecule is CCCCn1c(SCC(=O)Nc2ccc3c(c2)OCCCO3)nc2ccccc2c1=O. The Labute approximate surface area is 184 Å². The van der Waals surface area contributed by atoms with E-state index >= 15 is 0 Å². The van der Waals surface area contributed by atoms with E-state index in [0.29, 0.717) is 53.0 Å². The Morgan fingerprint density at radius 1 is 1.16 bits per heavy atom. The normalized spacial score (nSPS) is 13.1. The summed E-state index contributed by atoms with van der Waals surface area (Å²) >= 11 is 1.27. The fraction of sp³-hybridized carbons (Fsp3) is 0.348. The highest BCUT2D eigenvalue weighted by Gasteiger charge is 2.15. The van der Waals surface area contributed by atoms with E-state index in [1.165, 1.54) is 11.8 Å². The number of hydrogen-bond acceptors (Lipinski definition) is 6. The first-order chi connectivity index (χ1) is 15.2. The van der Waals surface area contributed by atoms with Crippen LogP contribution in [0.25, 0.3) is 10.9 Å². The van der Waals surface area contributed by atoms with Crippen LogP contribution in [-0.4, -0.2) is 34.4 Å². The van der Waals surface area contributed by atoms with Gasteiger partial charge in [0.15, 0.2) is 16.7 Å². The number of amides is 1. The molecule has 2 heterocycles. The van der Waals surface area contributed by atoms with E-state index < -0.39 is 0 Å². The number of hydrogen-bond donors (Lipinski definition) is 1. The van der Waals surface area contributed by atoms with E-state index in [1.54, 1.807) is 28.8 Å². The lowest BCUT2D eigenvalue weighted by Crippen LogP contribution is -2.24. The second-order valence-corrected chi connectivity index (χ2v) is 8.21. The third-order valence-corrected chi connectivity index (χ3v) is 5.90. The summed E-state index contributed by atoms with van der Waals surface area (Å²) in [7, 11) is 0. The molecule has 0 radical (unpaired) electrons. The molecule has 0 fully saturated rings. The van der Waals surface area contributed by atoms with Crippen LogP contribution >= 0.6 is 11.8 Å². The fourth-order valence-corrected chi connectivity index (χ4v) is 4.16. The van der Waals surface area contributed by atoms with Crippen LogP contribution in [-0.2, 0) is 11.3 Å². The molecular weight excluding hydrogens is 414 g/mol. The minimum atomic E-state index is -0.177. The molecule has 0 bridgehead atoms. The highest BCUT2D eigenvalue weighted by atomic mass is 32.2. The van der Waals surface area contributed by atoms with Gasteiger partial charge in [-0.05, 0) is 30.7 Å². The zero-order valence-corrected chi connectivity index (χ0v) is 18.2. The molecule has 8 heteroatoms. The number of carbonyl (C=O) groups excluding carboxylic acids is 1. The summed E-state index contributed by atoms with van der Waals surface area (Å²) in [5.41, 5.74) is 1.22. The average Bonchev–Trinajstić information content (AvgIpc) is 3.02. The lowest BCUT2D eigenvalue weighted by molar-refractivity contribution is -0.113. The van der Waals surface area contributed by atoms with Crippen LogP contribution in [0.2, 0.25) is 0 Å². The molecule has 31 heavy (non-hydrogen) atoms. The molecule has 1 aromatic heterocycles. The van der Waals surface area contributed by atoms with Crippen molar-refractivity contribution in [3.05, 3.63) is 52.8 Å². The number of carbonyl (C=O) groups is 1. The van der Waals surface area contributed by atoms with Crippen molar-refractivity contribution in [1.29, 1.82) is 0 Å². The van der Waals surface area contributed by atoms with Gasteiger partial charge in [-0.3, -0.25) is 14.2 Å². The van der Waals surface area contributed by atoms with E-state index in [-0.39, 0.29) is 17.2 Å². The summed E-state index contributed by atoms with van der Waals surface area (Å²) in [5, 5.41) is 4.04. The zero-order valence-electron chi connectivity index (χ0n) is 17.4. The number of thioether (sulfide) groups is 1. The molecule has 1 amide bonds. The molecule has 1 N–H and O–H groups in total. The van der Waals surface area contributed by atoms with Gasteiger partial charge in [0.2, 0.25) is 5.91 Å². The average molecular weight is 440 g/mol. The van der Waals surface area contributed by atoms with E-state index in [1.807, 2.05) is 18.2 Å². The Hall–Kier alpha value is -3.00. The van der Waals surface area contributed by atoms with Crippen molar-refractivity contribution in [2.45, 2.75) is 37.9 Å². The minimum Gasteiger partial charge on any atom is -0.490 e. The van der Waals surface area contributed by atoms with Crippen molar-refractivity contribution in [3.8, 4) is 11.5 Å². The second kappa shape index (κ2) is 9.87. The molecule has 162 valence electrons. The van der Waals surface area contributed by atoms with Crippen LogP contribution < -0.4 is 20.3 Å². The zero-order chi connectivity index (χ0) is 21.6. The Kier molecular flexibility index (Phi) is 6.76. The summed E-state index contributed by atoms with van der Waals surface area (Å²) in [4.78, 5) is 30.2. The molecule has 0 unspecified atom stereocenters. The molecule has 0 spiro atoms. The van der Waals surface area contributed by atoms with Crippen LogP contribution in [0, 0.1) is 0 Å². The smallest absolute Gasteiger partial charge is 0.262 e. The molecule has 1 aliphatic heterocycles. The number of fused-ring (bicyclic) bond motifs is 2. The van der Waals surface area contributed by atoms with Gasteiger partial charge in [0.1, 0.15) is 0 Å². The van der Waals surface area contributed by atoms with Crippen molar-refractivity contribution >= 4 is 34.3 Å². The van der Waals surface area contributed by atoms with Crippen molar-refractivity contribution in [3.63, 3.8) is 0 Å². The van der Waals surface area contributed by atoms with Gasteiger partial charge in [-0.2, -0.15) is 0 Å². The van der Waals surface area contributed by atoms with Crippen molar-refractivity contribution in [2.24, 2.45) is 0 Å². The summed E-state index contributed by atoms with van der Waals surface area (Å²) < 4.78 is 13.0. The number of ether oxygens (including phenoxy) is 2. The third kappa shape index (κ3) is 5.02. The number of nitrogens with zero attached hydrogens (tertiary/aromatic N) is 2. The molecule has 4 rings (SSSR count). The lowest BCUT2D eigenvalue weighted by Gasteiger charge is -2.13. The van der Waals surface area contributed by atoms with Crippen molar-refractivity contribution in [1.82, 2.24) is 9.55 Å². The van der Waals surface area contributed by atoms with Crippen LogP contribution in [0.4, 0.5) is 5.69 Å². The first-order valence-electron chi connectivity index (χ1n) is 10.5. The Bertz CT molecular complexity index is 1150. The number of anilines is 1. The lowest BCUT2D eigenvalue weighted by atomic mass is 10.2. The number of unbranched alkanes of at least 4 members (excludes halogenated alkanes) is 1. The second-order valence-electron chi connectivity index (χ2n) is 7.27. The summed E-state index contributed by atoms with van der Waals surface area (Å²) in [6.07, 6.45) is 2.66. The standard InChI is InChI=1S/C23H25N3O4S/c1-2-3-11-26-22(28)17-7-4-5-8-18(17)25-23(26)31-15-21(27)24-16-9-10-19-20(14-16)30-13-6-12-29-19/h4-5,7-10,14H,2-3,6,11-13,15H2,1H3,(H,24,27). The monoisotopic (exact) mass is 439 g/mol. The predicted octanol–water partition coefficient (Wildman–Crippen LogP) is 4.09. The number of para-hydroxylation sites is 1. The van der Waals surface area contributed by atoms with Crippen molar-refractivity contribution in [2.75, 3.05) is 24.3 Å². The topological polar surface area (TPSA) is 82.5 Å². The minimum absolute atomic E-state index is 0.0649. The summed E-state index contributed by atoms with van der Waals surface area (Å²) in [5.74, 6) is 1.28. The van der Waals surface area contributed by atoms with Gasteiger partial charge in [-0.25, -0.2) is 4.98 Å². The fourth-order valence-electron chi connectivity index (χ4n) is 3.34. The molecule has 0 atom stereocenters. The Balaban J connectivity index is 1.49. The first-order valence-corrected chi connectivity index (χ1v) is 11.5. The van der Waals surface area contributed by atoms with E-state index in [2.05, 4.69) is 17.2 Å². The molecule has 3 aromatic rings. The first kappa shape index (κ1) is 21.2. The van der Waals surface area contributed by atoms with Gasteiger partial charge in [-0.15, -0.1) is 0 Å². The van der Waals surface area contributed by atoms with Gasteiger partial charge in [0, 0.05) is 24.7 Å². The molecule has 7 nitrogen and oxygen atoms in total. The van der Waals surface area contributed by atoms with Crippen molar-refractivity contribution < 1.29 is 14.3 Å². The Morgan fingerprint density at radius 2 is 1.97 bits per heavy atom. The Morgan fingerprint density at radius 3 is 2.81 bits per heavy atom. The number of aromatic nitrogens is 2. The molecule has 0 saturated heterocycles. The van der Waals surface area contributed by atoms with Crippen LogP contribution in [0.5, 0.6) is 11.5 Å². The highest BCUT2D eigenvalue weighted by Crippen LogP contribution is 2.32. The highest BCUT2D eigenvalue weighted by molar-refractivity contribution is 7.99. The maximum absolute atomic E-state index is 12.9. The number of rotatable bonds is 7. The molecule has 0 saturated carbocycles. The largest absolute Gasteiger partial charge is 0.490 e. The van der Waals surface area contributed by atoms with Crippen LogP contribution in [0.3, 0.4) is 0 Å². The van der Waals surface area contributed by atoms with Gasteiger partial charge in [0.05, 0.1) is 29.9 Å². The predicted molar refractivity (Wildman–Crippen MR) is 122 cm³/mol. The molecule has 0 aliphatic carbocycles. The molecular formula is C23H25N3O4S. The number of benzene rings is 2. The van der Waals surface area contributed by atoms with Gasteiger partial charge < -0.3 is 14.8 Å². The van der Waals surface area contributed by atoms with Crippen LogP contribution in [0.15, 0.2) is 52.4 Å². The van der Waals surface area contributed by atoms with Crippen LogP contribution in [0.1, 0.15) is 26.2 Å². The van der Waals surface area contributed by atoms with E-state index in [9.17, 15) is 9.59 Å². The molecule has 2 aromatic carbocycles. The summed E-state index contributed by atoms with van der Waals surface area (Å²) in [6, 6.07) is 12.7. The van der Waals surface area contributed by atoms with Gasteiger partial charge in [-0.1, -0.05) is 37.2 Å².